The Morgan fingerprint density at radius 3 is 2.50 bits per heavy atom. The van der Waals surface area contributed by atoms with Gasteiger partial charge in [0.2, 0.25) is 0 Å². The van der Waals surface area contributed by atoms with Gasteiger partial charge in [-0.3, -0.25) is 4.55 Å². The van der Waals surface area contributed by atoms with Crippen LogP contribution in [0.4, 0.5) is 0 Å². The second-order valence-electron chi connectivity index (χ2n) is 3.13. The van der Waals surface area contributed by atoms with E-state index < -0.39 is 10.1 Å². The van der Waals surface area contributed by atoms with Crippen LogP contribution >= 0.6 is 11.3 Å². The molecule has 1 heterocycles. The standard InChI is InChI=1S/C7H12N2O3S2/c1-5(9(2)3)7-8-4-6(13-7)14(10,11)12/h4-5H,1-3H3,(H,10,11,12). The highest BCUT2D eigenvalue weighted by Crippen LogP contribution is 2.25. The van der Waals surface area contributed by atoms with Crippen LogP contribution in [-0.4, -0.2) is 36.9 Å². The molecule has 1 rings (SSSR count). The Morgan fingerprint density at radius 1 is 1.57 bits per heavy atom. The van der Waals surface area contributed by atoms with Gasteiger partial charge in [-0.25, -0.2) is 4.98 Å². The van der Waals surface area contributed by atoms with E-state index in [4.69, 9.17) is 4.55 Å². The van der Waals surface area contributed by atoms with Crippen molar-refractivity contribution in [3.8, 4) is 0 Å². The van der Waals surface area contributed by atoms with E-state index in [0.29, 0.717) is 5.01 Å². The molecule has 0 fully saturated rings. The number of rotatable bonds is 3. The van der Waals surface area contributed by atoms with E-state index in [0.717, 1.165) is 11.3 Å². The highest BCUT2D eigenvalue weighted by molar-refractivity contribution is 7.88. The van der Waals surface area contributed by atoms with E-state index in [1.165, 1.54) is 6.20 Å². The molecule has 7 heteroatoms. The van der Waals surface area contributed by atoms with Crippen molar-refractivity contribution >= 4 is 21.5 Å². The topological polar surface area (TPSA) is 70.5 Å². The Hall–Kier alpha value is -0.500. The number of hydrogen-bond acceptors (Lipinski definition) is 5. The first-order valence-electron chi connectivity index (χ1n) is 3.92. The third-order valence-corrected chi connectivity index (χ3v) is 4.35. The lowest BCUT2D eigenvalue weighted by Gasteiger charge is -2.16. The van der Waals surface area contributed by atoms with Gasteiger partial charge in [0.1, 0.15) is 5.01 Å². The van der Waals surface area contributed by atoms with Crippen molar-refractivity contribution in [2.24, 2.45) is 0 Å². The maximum absolute atomic E-state index is 10.8. The van der Waals surface area contributed by atoms with Crippen LogP contribution in [0.5, 0.6) is 0 Å². The summed E-state index contributed by atoms with van der Waals surface area (Å²) in [5, 5.41) is 0.669. The fraction of sp³-hybridized carbons (Fsp3) is 0.571. The second-order valence-corrected chi connectivity index (χ2v) is 5.84. The molecular formula is C7H12N2O3S2. The molecule has 0 aliphatic heterocycles. The first-order valence-corrected chi connectivity index (χ1v) is 6.17. The summed E-state index contributed by atoms with van der Waals surface area (Å²) >= 11 is 0.986. The summed E-state index contributed by atoms with van der Waals surface area (Å²) in [5.74, 6) is 0. The molecule has 0 amide bonds. The minimum Gasteiger partial charge on any atom is -0.300 e. The van der Waals surface area contributed by atoms with E-state index in [-0.39, 0.29) is 10.3 Å². The Kier molecular flexibility index (Phi) is 3.25. The quantitative estimate of drug-likeness (QED) is 0.793. The van der Waals surface area contributed by atoms with Crippen LogP contribution in [0.25, 0.3) is 0 Å². The third kappa shape index (κ3) is 2.50. The van der Waals surface area contributed by atoms with Gasteiger partial charge in [-0.1, -0.05) is 0 Å². The second kappa shape index (κ2) is 3.93. The zero-order valence-electron chi connectivity index (χ0n) is 8.13. The van der Waals surface area contributed by atoms with Crippen LogP contribution in [-0.2, 0) is 10.1 Å². The van der Waals surface area contributed by atoms with Gasteiger partial charge >= 0.3 is 10.1 Å². The van der Waals surface area contributed by atoms with Gasteiger partial charge < -0.3 is 4.90 Å². The predicted molar refractivity (Wildman–Crippen MR) is 54.0 cm³/mol. The van der Waals surface area contributed by atoms with Crippen LogP contribution in [0.1, 0.15) is 18.0 Å². The lowest BCUT2D eigenvalue weighted by Crippen LogP contribution is -2.16. The van der Waals surface area contributed by atoms with Gasteiger partial charge in [-0.15, -0.1) is 11.3 Å². The minimum absolute atomic E-state index is 0.0375. The molecule has 0 aliphatic rings. The number of nitrogens with zero attached hydrogens (tertiary/aromatic N) is 2. The van der Waals surface area contributed by atoms with E-state index in [1.54, 1.807) is 0 Å². The van der Waals surface area contributed by atoms with E-state index in [9.17, 15) is 8.42 Å². The zero-order valence-corrected chi connectivity index (χ0v) is 9.76. The van der Waals surface area contributed by atoms with Gasteiger partial charge in [0.05, 0.1) is 12.2 Å². The summed E-state index contributed by atoms with van der Waals surface area (Å²) in [7, 11) is -0.355. The molecular weight excluding hydrogens is 224 g/mol. The fourth-order valence-corrected chi connectivity index (χ4v) is 2.47. The highest BCUT2D eigenvalue weighted by Gasteiger charge is 2.18. The van der Waals surface area contributed by atoms with E-state index in [1.807, 2.05) is 25.9 Å². The van der Waals surface area contributed by atoms with Gasteiger partial charge in [0.25, 0.3) is 0 Å². The molecule has 5 nitrogen and oxygen atoms in total. The van der Waals surface area contributed by atoms with Crippen LogP contribution in [0.2, 0.25) is 0 Å². The van der Waals surface area contributed by atoms with E-state index >= 15 is 0 Å². The summed E-state index contributed by atoms with van der Waals surface area (Å²) < 4.78 is 30.1. The summed E-state index contributed by atoms with van der Waals surface area (Å²) in [6, 6.07) is 0.0375. The average Bonchev–Trinajstić information content (AvgIpc) is 2.49. The maximum Gasteiger partial charge on any atom is 0.305 e. The molecule has 1 aromatic heterocycles. The Morgan fingerprint density at radius 2 is 2.14 bits per heavy atom. The normalized spacial score (nSPS) is 14.6. The summed E-state index contributed by atoms with van der Waals surface area (Å²) in [5.41, 5.74) is 0. The minimum atomic E-state index is -4.10. The average molecular weight is 236 g/mol. The molecule has 0 aliphatic carbocycles. The molecule has 0 saturated carbocycles. The van der Waals surface area contributed by atoms with Crippen molar-refractivity contribution < 1.29 is 13.0 Å². The van der Waals surface area contributed by atoms with Gasteiger partial charge in [-0.05, 0) is 21.0 Å². The molecule has 0 aromatic carbocycles. The third-order valence-electron chi connectivity index (χ3n) is 1.89. The van der Waals surface area contributed by atoms with Crippen LogP contribution in [0.15, 0.2) is 10.4 Å². The molecule has 14 heavy (non-hydrogen) atoms. The molecule has 0 saturated heterocycles. The van der Waals surface area contributed by atoms with Crippen LogP contribution in [0.3, 0.4) is 0 Å². The van der Waals surface area contributed by atoms with Crippen molar-refractivity contribution in [3.05, 3.63) is 11.2 Å². The van der Waals surface area contributed by atoms with Crippen molar-refractivity contribution in [1.82, 2.24) is 9.88 Å². The molecule has 0 bridgehead atoms. The van der Waals surface area contributed by atoms with Crippen LogP contribution in [0, 0.1) is 0 Å². The Labute approximate surface area is 87.1 Å². The van der Waals surface area contributed by atoms with Crippen molar-refractivity contribution in [2.75, 3.05) is 14.1 Å². The fourth-order valence-electron chi connectivity index (χ4n) is 0.805. The van der Waals surface area contributed by atoms with Gasteiger partial charge in [0, 0.05) is 0 Å². The molecule has 1 aromatic rings. The molecule has 0 spiro atoms. The van der Waals surface area contributed by atoms with Gasteiger partial charge in [0.15, 0.2) is 4.21 Å². The lowest BCUT2D eigenvalue weighted by molar-refractivity contribution is 0.320. The highest BCUT2D eigenvalue weighted by atomic mass is 32.3. The number of thiazole rings is 1. The summed E-state index contributed by atoms with van der Waals surface area (Å²) in [6.45, 7) is 1.91. The predicted octanol–water partition coefficient (Wildman–Crippen LogP) is 1.01. The molecule has 80 valence electrons. The van der Waals surface area contributed by atoms with Crippen molar-refractivity contribution in [1.29, 1.82) is 0 Å². The van der Waals surface area contributed by atoms with E-state index in [2.05, 4.69) is 4.98 Å². The maximum atomic E-state index is 10.8. The molecule has 0 radical (unpaired) electrons. The Bertz CT molecular complexity index is 410. The molecule has 1 N–H and O–H groups in total. The summed E-state index contributed by atoms with van der Waals surface area (Å²) in [4.78, 5) is 5.85. The molecule has 1 unspecified atom stereocenters. The number of aromatic nitrogens is 1. The smallest absolute Gasteiger partial charge is 0.300 e. The SMILES string of the molecule is CC(c1ncc(S(=O)(=O)O)s1)N(C)C. The largest absolute Gasteiger partial charge is 0.305 e. The van der Waals surface area contributed by atoms with Gasteiger partial charge in [-0.2, -0.15) is 8.42 Å². The first kappa shape index (κ1) is 11.6. The lowest BCUT2D eigenvalue weighted by atomic mass is 10.3. The number of hydrogen-bond donors (Lipinski definition) is 1. The zero-order chi connectivity index (χ0) is 10.9. The van der Waals surface area contributed by atoms with Crippen molar-refractivity contribution in [2.45, 2.75) is 17.2 Å². The summed E-state index contributed by atoms with van der Waals surface area (Å²) in [6.07, 6.45) is 1.18. The molecule has 1 atom stereocenters. The van der Waals surface area contributed by atoms with Crippen LogP contribution < -0.4 is 0 Å². The first-order chi connectivity index (χ1) is 6.32. The van der Waals surface area contributed by atoms with Crippen molar-refractivity contribution in [3.63, 3.8) is 0 Å². The Balaban J connectivity index is 3.00. The monoisotopic (exact) mass is 236 g/mol.